The van der Waals surface area contributed by atoms with Crippen molar-refractivity contribution < 1.29 is 5.11 Å². The van der Waals surface area contributed by atoms with Crippen molar-refractivity contribution in [3.05, 3.63) is 30.1 Å². The summed E-state index contributed by atoms with van der Waals surface area (Å²) in [4.78, 5) is 4.29. The minimum Gasteiger partial charge on any atom is -0.396 e. The van der Waals surface area contributed by atoms with Gasteiger partial charge in [-0.2, -0.15) is 0 Å². The minimum absolute atomic E-state index is 0.301. The molecule has 1 atom stereocenters. The Morgan fingerprint density at radius 1 is 1.33 bits per heavy atom. The summed E-state index contributed by atoms with van der Waals surface area (Å²) in [6.07, 6.45) is 4.91. The fourth-order valence-corrected chi connectivity index (χ4v) is 1.47. The predicted octanol–water partition coefficient (Wildman–Crippen LogP) is 1.89. The van der Waals surface area contributed by atoms with Crippen LogP contribution in [0.2, 0.25) is 0 Å². The third-order valence-electron chi connectivity index (χ3n) is 2.42. The number of aliphatic hydroxyl groups excluding tert-OH is 1. The van der Waals surface area contributed by atoms with Gasteiger partial charge in [-0.3, -0.25) is 4.98 Å². The number of nitrogens with zero attached hydrogens (tertiary/aromatic N) is 1. The molecule has 1 heterocycles. The SMILES string of the molecule is C[C@@H](NCCCCCO)c1ccccn1. The van der Waals surface area contributed by atoms with Crippen molar-refractivity contribution in [2.45, 2.75) is 32.2 Å². The number of nitrogens with one attached hydrogen (secondary N) is 1. The number of aromatic nitrogens is 1. The van der Waals surface area contributed by atoms with Gasteiger partial charge in [-0.25, -0.2) is 0 Å². The van der Waals surface area contributed by atoms with Crippen LogP contribution >= 0.6 is 0 Å². The highest BCUT2D eigenvalue weighted by atomic mass is 16.2. The van der Waals surface area contributed by atoms with Gasteiger partial charge in [0.15, 0.2) is 0 Å². The topological polar surface area (TPSA) is 45.1 Å². The number of unbranched alkanes of at least 4 members (excludes halogenated alkanes) is 2. The van der Waals surface area contributed by atoms with Gasteiger partial charge in [0, 0.05) is 18.8 Å². The van der Waals surface area contributed by atoms with Crippen LogP contribution in [0.3, 0.4) is 0 Å². The largest absolute Gasteiger partial charge is 0.396 e. The second kappa shape index (κ2) is 7.37. The van der Waals surface area contributed by atoms with Crippen LogP contribution < -0.4 is 5.32 Å². The van der Waals surface area contributed by atoms with E-state index in [1.165, 1.54) is 0 Å². The Hall–Kier alpha value is -0.930. The van der Waals surface area contributed by atoms with Crippen LogP contribution in [0, 0.1) is 0 Å². The van der Waals surface area contributed by atoms with E-state index in [1.807, 2.05) is 24.4 Å². The number of aliphatic hydroxyl groups is 1. The van der Waals surface area contributed by atoms with Gasteiger partial charge in [0.05, 0.1) is 5.69 Å². The molecule has 0 unspecified atom stereocenters. The van der Waals surface area contributed by atoms with Crippen molar-refractivity contribution >= 4 is 0 Å². The van der Waals surface area contributed by atoms with Crippen LogP contribution in [0.5, 0.6) is 0 Å². The Kier molecular flexibility index (Phi) is 5.97. The van der Waals surface area contributed by atoms with Crippen LogP contribution in [0.15, 0.2) is 24.4 Å². The first-order valence-electron chi connectivity index (χ1n) is 5.59. The first kappa shape index (κ1) is 12.1. The van der Waals surface area contributed by atoms with Crippen LogP contribution in [0.4, 0.5) is 0 Å². The van der Waals surface area contributed by atoms with Gasteiger partial charge < -0.3 is 10.4 Å². The van der Waals surface area contributed by atoms with Gasteiger partial charge in [-0.1, -0.05) is 6.07 Å². The Bertz CT molecular complexity index is 251. The second-order valence-electron chi connectivity index (χ2n) is 3.71. The molecule has 0 bridgehead atoms. The van der Waals surface area contributed by atoms with Crippen molar-refractivity contribution in [3.63, 3.8) is 0 Å². The molecule has 2 N–H and O–H groups in total. The van der Waals surface area contributed by atoms with E-state index in [-0.39, 0.29) is 0 Å². The molecule has 0 saturated carbocycles. The lowest BCUT2D eigenvalue weighted by Crippen LogP contribution is -2.20. The van der Waals surface area contributed by atoms with Gasteiger partial charge in [0.1, 0.15) is 0 Å². The number of pyridine rings is 1. The Labute approximate surface area is 91.5 Å². The Balaban J connectivity index is 2.16. The van der Waals surface area contributed by atoms with E-state index in [4.69, 9.17) is 5.11 Å². The molecule has 0 aliphatic rings. The quantitative estimate of drug-likeness (QED) is 0.673. The zero-order valence-electron chi connectivity index (χ0n) is 9.32. The van der Waals surface area contributed by atoms with Crippen LogP contribution in [0.1, 0.15) is 37.9 Å². The molecule has 3 nitrogen and oxygen atoms in total. The molecule has 15 heavy (non-hydrogen) atoms. The lowest BCUT2D eigenvalue weighted by molar-refractivity contribution is 0.282. The van der Waals surface area contributed by atoms with Crippen molar-refractivity contribution in [3.8, 4) is 0 Å². The highest BCUT2D eigenvalue weighted by molar-refractivity contribution is 5.07. The second-order valence-corrected chi connectivity index (χ2v) is 3.71. The summed E-state index contributed by atoms with van der Waals surface area (Å²) in [7, 11) is 0. The molecule has 0 aromatic carbocycles. The Morgan fingerprint density at radius 2 is 2.20 bits per heavy atom. The van der Waals surface area contributed by atoms with E-state index < -0.39 is 0 Å². The average Bonchev–Trinajstić information content (AvgIpc) is 2.30. The average molecular weight is 208 g/mol. The third kappa shape index (κ3) is 4.91. The van der Waals surface area contributed by atoms with Crippen molar-refractivity contribution in [1.29, 1.82) is 0 Å². The summed E-state index contributed by atoms with van der Waals surface area (Å²) in [5, 5.41) is 12.0. The minimum atomic E-state index is 0.301. The maximum Gasteiger partial charge on any atom is 0.0570 e. The van der Waals surface area contributed by atoms with Crippen LogP contribution in [-0.2, 0) is 0 Å². The number of hydrogen-bond donors (Lipinski definition) is 2. The van der Waals surface area contributed by atoms with Crippen LogP contribution in [-0.4, -0.2) is 23.2 Å². The summed E-state index contributed by atoms with van der Waals surface area (Å²) in [5.41, 5.74) is 1.08. The molecule has 0 amide bonds. The van der Waals surface area contributed by atoms with Gasteiger partial charge in [-0.15, -0.1) is 0 Å². The molecule has 1 aromatic heterocycles. The Morgan fingerprint density at radius 3 is 2.87 bits per heavy atom. The molecule has 1 aromatic rings. The predicted molar refractivity (Wildman–Crippen MR) is 61.6 cm³/mol. The van der Waals surface area contributed by atoms with Gasteiger partial charge in [0.25, 0.3) is 0 Å². The summed E-state index contributed by atoms with van der Waals surface area (Å²) in [6, 6.07) is 6.27. The van der Waals surface area contributed by atoms with Crippen LogP contribution in [0.25, 0.3) is 0 Å². The summed E-state index contributed by atoms with van der Waals surface area (Å²) >= 11 is 0. The number of rotatable bonds is 7. The van der Waals surface area contributed by atoms with Crippen molar-refractivity contribution in [2.75, 3.05) is 13.2 Å². The zero-order chi connectivity index (χ0) is 10.9. The molecule has 3 heteroatoms. The maximum atomic E-state index is 8.62. The van der Waals surface area contributed by atoms with Gasteiger partial charge >= 0.3 is 0 Å². The molecule has 1 rings (SSSR count). The summed E-state index contributed by atoms with van der Waals surface area (Å²) in [6.45, 7) is 3.40. The van der Waals surface area contributed by atoms with E-state index in [2.05, 4.69) is 17.2 Å². The normalized spacial score (nSPS) is 12.7. The summed E-state index contributed by atoms with van der Waals surface area (Å²) < 4.78 is 0. The van der Waals surface area contributed by atoms with E-state index in [9.17, 15) is 0 Å². The smallest absolute Gasteiger partial charge is 0.0570 e. The van der Waals surface area contributed by atoms with Crippen molar-refractivity contribution in [1.82, 2.24) is 10.3 Å². The molecule has 0 spiro atoms. The fraction of sp³-hybridized carbons (Fsp3) is 0.583. The van der Waals surface area contributed by atoms with E-state index >= 15 is 0 Å². The highest BCUT2D eigenvalue weighted by Crippen LogP contribution is 2.07. The maximum absolute atomic E-state index is 8.62. The first-order valence-corrected chi connectivity index (χ1v) is 5.59. The highest BCUT2D eigenvalue weighted by Gasteiger charge is 2.03. The molecule has 0 aliphatic heterocycles. The van der Waals surface area contributed by atoms with E-state index in [1.54, 1.807) is 0 Å². The summed E-state index contributed by atoms with van der Waals surface area (Å²) in [5.74, 6) is 0. The molecule has 84 valence electrons. The zero-order valence-corrected chi connectivity index (χ0v) is 9.32. The first-order chi connectivity index (χ1) is 7.34. The number of hydrogen-bond acceptors (Lipinski definition) is 3. The van der Waals surface area contributed by atoms with Gasteiger partial charge in [0.2, 0.25) is 0 Å². The fourth-order valence-electron chi connectivity index (χ4n) is 1.47. The molecular weight excluding hydrogens is 188 g/mol. The molecule has 0 radical (unpaired) electrons. The van der Waals surface area contributed by atoms with E-state index in [0.29, 0.717) is 12.6 Å². The standard InChI is InChI=1S/C12H20N2O/c1-11(12-7-3-5-9-14-12)13-8-4-2-6-10-15/h3,5,7,9,11,13,15H,2,4,6,8,10H2,1H3/t11-/m1/s1. The third-order valence-corrected chi connectivity index (χ3v) is 2.42. The monoisotopic (exact) mass is 208 g/mol. The van der Waals surface area contributed by atoms with Crippen molar-refractivity contribution in [2.24, 2.45) is 0 Å². The molecule has 0 fully saturated rings. The lowest BCUT2D eigenvalue weighted by Gasteiger charge is -2.12. The lowest BCUT2D eigenvalue weighted by atomic mass is 10.2. The van der Waals surface area contributed by atoms with E-state index in [0.717, 1.165) is 31.5 Å². The van der Waals surface area contributed by atoms with Gasteiger partial charge in [-0.05, 0) is 44.9 Å². The molecular formula is C12H20N2O. The molecule has 0 aliphatic carbocycles. The molecule has 0 saturated heterocycles.